The number of aromatic nitrogens is 4. The second kappa shape index (κ2) is 10.3. The van der Waals surface area contributed by atoms with E-state index in [0.717, 1.165) is 35.1 Å². The summed E-state index contributed by atoms with van der Waals surface area (Å²) in [5.41, 5.74) is 4.93. The number of ether oxygens (including phenoxy) is 1. The molecular weight excluding hydrogens is 466 g/mol. The van der Waals surface area contributed by atoms with E-state index in [4.69, 9.17) is 4.74 Å². The number of carbonyl (C=O) groups is 1. The first-order chi connectivity index (χ1) is 17.9. The number of nitrogens with zero attached hydrogens (tertiary/aromatic N) is 4. The van der Waals surface area contributed by atoms with Gasteiger partial charge >= 0.3 is 5.69 Å². The Morgan fingerprint density at radius 1 is 1.00 bits per heavy atom. The molecule has 8 nitrogen and oxygen atoms in total. The molecule has 0 bridgehead atoms. The standard InChI is InChI=1S/C29H29N5O3/c1-4-5-10-21-14-16-22(17-15-21)30-26(35)18-33-29(36)34-24-12-7-6-11-23(24)31-28(27(34)32-33)37-25-13-8-9-19(2)20(25)3/h6-9,11-17H,4-5,10,18H2,1-3H3,(H,30,35). The largest absolute Gasteiger partial charge is 0.436 e. The van der Waals surface area contributed by atoms with Crippen LogP contribution in [0.15, 0.2) is 71.5 Å². The Labute approximate surface area is 214 Å². The van der Waals surface area contributed by atoms with E-state index in [-0.39, 0.29) is 24.0 Å². The number of hydrogen-bond donors (Lipinski definition) is 1. The first-order valence-electron chi connectivity index (χ1n) is 12.5. The van der Waals surface area contributed by atoms with Gasteiger partial charge in [0.05, 0.1) is 11.0 Å². The maximum atomic E-state index is 13.4. The van der Waals surface area contributed by atoms with Crippen LogP contribution in [0.2, 0.25) is 0 Å². The van der Waals surface area contributed by atoms with E-state index in [1.54, 1.807) is 6.07 Å². The Kier molecular flexibility index (Phi) is 6.72. The summed E-state index contributed by atoms with van der Waals surface area (Å²) >= 11 is 0. The molecule has 0 aliphatic carbocycles. The molecule has 2 aromatic heterocycles. The number of fused-ring (bicyclic) bond motifs is 3. The minimum absolute atomic E-state index is 0.200. The fourth-order valence-corrected chi connectivity index (χ4v) is 4.25. The number of nitrogens with one attached hydrogen (secondary N) is 1. The average molecular weight is 496 g/mol. The smallest absolute Gasteiger partial charge is 0.351 e. The molecule has 1 amide bonds. The third kappa shape index (κ3) is 4.95. The van der Waals surface area contributed by atoms with E-state index in [1.165, 1.54) is 9.96 Å². The van der Waals surface area contributed by atoms with Gasteiger partial charge in [0.1, 0.15) is 12.3 Å². The van der Waals surface area contributed by atoms with Crippen molar-refractivity contribution in [2.24, 2.45) is 0 Å². The fraction of sp³-hybridized carbons (Fsp3) is 0.241. The van der Waals surface area contributed by atoms with Gasteiger partial charge in [0.25, 0.3) is 5.88 Å². The van der Waals surface area contributed by atoms with Crippen LogP contribution in [0.3, 0.4) is 0 Å². The topological polar surface area (TPSA) is 90.5 Å². The summed E-state index contributed by atoms with van der Waals surface area (Å²) in [4.78, 5) is 30.9. The van der Waals surface area contributed by atoms with E-state index in [2.05, 4.69) is 22.3 Å². The zero-order chi connectivity index (χ0) is 25.9. The van der Waals surface area contributed by atoms with Gasteiger partial charge in [-0.05, 0) is 73.7 Å². The highest BCUT2D eigenvalue weighted by molar-refractivity contribution is 5.90. The molecule has 0 spiro atoms. The zero-order valence-electron chi connectivity index (χ0n) is 21.2. The van der Waals surface area contributed by atoms with Crippen LogP contribution in [0.25, 0.3) is 16.7 Å². The molecule has 3 aromatic carbocycles. The lowest BCUT2D eigenvalue weighted by atomic mass is 10.1. The number of carbonyl (C=O) groups excluding carboxylic acids is 1. The van der Waals surface area contributed by atoms with Crippen molar-refractivity contribution in [1.82, 2.24) is 19.2 Å². The van der Waals surface area contributed by atoms with Crippen molar-refractivity contribution in [1.29, 1.82) is 0 Å². The molecule has 0 radical (unpaired) electrons. The second-order valence-corrected chi connectivity index (χ2v) is 9.15. The van der Waals surface area contributed by atoms with Crippen molar-refractivity contribution in [2.75, 3.05) is 5.32 Å². The summed E-state index contributed by atoms with van der Waals surface area (Å²) in [5.74, 6) is 0.485. The first kappa shape index (κ1) is 24.2. The molecule has 0 fully saturated rings. The SMILES string of the molecule is CCCCc1ccc(NC(=O)Cn2nc3c(Oc4cccc(C)c4C)nc4ccccc4n3c2=O)cc1. The number of aryl methyl sites for hydroxylation is 2. The van der Waals surface area contributed by atoms with Crippen LogP contribution in [0.1, 0.15) is 36.5 Å². The second-order valence-electron chi connectivity index (χ2n) is 9.15. The maximum Gasteiger partial charge on any atom is 0.351 e. The van der Waals surface area contributed by atoms with Crippen LogP contribution in [0, 0.1) is 13.8 Å². The van der Waals surface area contributed by atoms with Crippen LogP contribution in [-0.4, -0.2) is 25.1 Å². The normalized spacial score (nSPS) is 11.2. The molecule has 0 atom stereocenters. The van der Waals surface area contributed by atoms with E-state index < -0.39 is 5.69 Å². The molecule has 5 aromatic rings. The summed E-state index contributed by atoms with van der Waals surface area (Å²) in [6.07, 6.45) is 3.27. The van der Waals surface area contributed by atoms with Gasteiger partial charge in [0, 0.05) is 5.69 Å². The maximum absolute atomic E-state index is 13.4. The zero-order valence-corrected chi connectivity index (χ0v) is 21.2. The van der Waals surface area contributed by atoms with Crippen molar-refractivity contribution < 1.29 is 9.53 Å². The molecule has 0 unspecified atom stereocenters. The molecule has 5 rings (SSSR count). The Hall–Kier alpha value is -4.46. The van der Waals surface area contributed by atoms with E-state index in [9.17, 15) is 9.59 Å². The molecule has 0 saturated carbocycles. The molecule has 0 aliphatic rings. The number of rotatable bonds is 8. The summed E-state index contributed by atoms with van der Waals surface area (Å²) in [7, 11) is 0. The highest BCUT2D eigenvalue weighted by Gasteiger charge is 2.19. The Morgan fingerprint density at radius 2 is 1.78 bits per heavy atom. The molecule has 2 heterocycles. The lowest BCUT2D eigenvalue weighted by molar-refractivity contribution is -0.117. The quantitative estimate of drug-likeness (QED) is 0.310. The molecule has 37 heavy (non-hydrogen) atoms. The van der Waals surface area contributed by atoms with Gasteiger partial charge in [-0.2, -0.15) is 0 Å². The van der Waals surface area contributed by atoms with Gasteiger partial charge in [-0.15, -0.1) is 5.10 Å². The molecule has 1 N–H and O–H groups in total. The lowest BCUT2D eigenvalue weighted by Crippen LogP contribution is -2.28. The fourth-order valence-electron chi connectivity index (χ4n) is 4.25. The van der Waals surface area contributed by atoms with Crippen molar-refractivity contribution in [3.8, 4) is 11.6 Å². The number of para-hydroxylation sites is 2. The van der Waals surface area contributed by atoms with Crippen LogP contribution >= 0.6 is 0 Å². The third-order valence-electron chi connectivity index (χ3n) is 6.49. The number of hydrogen-bond acceptors (Lipinski definition) is 5. The van der Waals surface area contributed by atoms with E-state index in [1.807, 2.05) is 74.5 Å². The van der Waals surface area contributed by atoms with Crippen LogP contribution < -0.4 is 15.7 Å². The monoisotopic (exact) mass is 495 g/mol. The van der Waals surface area contributed by atoms with Crippen molar-refractivity contribution >= 4 is 28.3 Å². The summed E-state index contributed by atoms with van der Waals surface area (Å²) < 4.78 is 8.76. The highest BCUT2D eigenvalue weighted by atomic mass is 16.5. The van der Waals surface area contributed by atoms with E-state index in [0.29, 0.717) is 22.5 Å². The molecule has 188 valence electrons. The Bertz CT molecular complexity index is 1650. The van der Waals surface area contributed by atoms with Crippen LogP contribution in [-0.2, 0) is 17.8 Å². The highest BCUT2D eigenvalue weighted by Crippen LogP contribution is 2.29. The predicted octanol–water partition coefficient (Wildman–Crippen LogP) is 5.43. The summed E-state index contributed by atoms with van der Waals surface area (Å²) in [6, 6.07) is 20.8. The number of amides is 1. The summed E-state index contributed by atoms with van der Waals surface area (Å²) in [5, 5.41) is 7.31. The van der Waals surface area contributed by atoms with Gasteiger partial charge in [0.2, 0.25) is 11.6 Å². The Balaban J connectivity index is 1.47. The van der Waals surface area contributed by atoms with Gasteiger partial charge in [-0.1, -0.05) is 49.7 Å². The first-order valence-corrected chi connectivity index (χ1v) is 12.5. The van der Waals surface area contributed by atoms with Gasteiger partial charge in [0.15, 0.2) is 0 Å². The van der Waals surface area contributed by atoms with E-state index >= 15 is 0 Å². The molecular formula is C29H29N5O3. The summed E-state index contributed by atoms with van der Waals surface area (Å²) in [6.45, 7) is 5.89. The average Bonchev–Trinajstić information content (AvgIpc) is 3.22. The van der Waals surface area contributed by atoms with Gasteiger partial charge < -0.3 is 10.1 Å². The number of benzene rings is 3. The number of unbranched alkanes of at least 4 members (excludes halogenated alkanes) is 1. The molecule has 0 aliphatic heterocycles. The van der Waals surface area contributed by atoms with Crippen LogP contribution in [0.4, 0.5) is 5.69 Å². The van der Waals surface area contributed by atoms with Gasteiger partial charge in [-0.3, -0.25) is 4.79 Å². The minimum Gasteiger partial charge on any atom is -0.436 e. The number of anilines is 1. The van der Waals surface area contributed by atoms with Crippen LogP contribution in [0.5, 0.6) is 11.6 Å². The third-order valence-corrected chi connectivity index (χ3v) is 6.49. The predicted molar refractivity (Wildman–Crippen MR) is 144 cm³/mol. The lowest BCUT2D eigenvalue weighted by Gasteiger charge is -2.11. The molecule has 8 heteroatoms. The van der Waals surface area contributed by atoms with Gasteiger partial charge in [-0.25, -0.2) is 18.9 Å². The van der Waals surface area contributed by atoms with Crippen molar-refractivity contribution in [3.05, 3.63) is 93.9 Å². The van der Waals surface area contributed by atoms with Crippen molar-refractivity contribution in [2.45, 2.75) is 46.6 Å². The van der Waals surface area contributed by atoms with Crippen molar-refractivity contribution in [3.63, 3.8) is 0 Å². The minimum atomic E-state index is -0.440. The molecule has 0 saturated heterocycles. The Morgan fingerprint density at radius 3 is 2.57 bits per heavy atom.